The Morgan fingerprint density at radius 3 is 2.35 bits per heavy atom. The Labute approximate surface area is 107 Å². The van der Waals surface area contributed by atoms with Crippen LogP contribution in [0.2, 0.25) is 0 Å². The van der Waals surface area contributed by atoms with E-state index in [1.165, 1.54) is 0 Å². The van der Waals surface area contributed by atoms with Crippen molar-refractivity contribution in [3.63, 3.8) is 0 Å². The van der Waals surface area contributed by atoms with Crippen LogP contribution in [0.15, 0.2) is 40.9 Å². The zero-order valence-corrected chi connectivity index (χ0v) is 10.7. The Bertz CT molecular complexity index is 440. The molecule has 1 amide bonds. The Hall–Kier alpha value is -1.62. The van der Waals surface area contributed by atoms with Crippen molar-refractivity contribution in [2.24, 2.45) is 0 Å². The quantitative estimate of drug-likeness (QED) is 0.821. The van der Waals surface area contributed by atoms with Crippen LogP contribution in [0, 0.1) is 0 Å². The summed E-state index contributed by atoms with van der Waals surface area (Å²) in [5.41, 5.74) is 0.718. The van der Waals surface area contributed by atoms with E-state index in [1.54, 1.807) is 12.1 Å². The van der Waals surface area contributed by atoms with Crippen LogP contribution < -0.4 is 5.32 Å². The number of carbonyl (C=O) groups excluding carboxylic acids is 1. The second-order valence-electron chi connectivity index (χ2n) is 3.46. The van der Waals surface area contributed by atoms with Gasteiger partial charge in [0.2, 0.25) is 5.91 Å². The average Bonchev–Trinajstić information content (AvgIpc) is 2.29. The molecule has 90 valence electrons. The number of anilines is 1. The molecule has 0 bridgehead atoms. The Balaban J connectivity index is 2.42. The first kappa shape index (κ1) is 13.4. The maximum absolute atomic E-state index is 11.5. The fraction of sp³-hybridized carbons (Fsp3) is 0.167. The SMILES string of the molecule is C=C(CCC(=O)Nc1ccc(Br)cc1)C(=O)O. The molecule has 2 N–H and O–H groups in total. The van der Waals surface area contributed by atoms with Gasteiger partial charge in [-0.2, -0.15) is 0 Å². The fourth-order valence-electron chi connectivity index (χ4n) is 1.13. The summed E-state index contributed by atoms with van der Waals surface area (Å²) >= 11 is 3.29. The van der Waals surface area contributed by atoms with E-state index in [2.05, 4.69) is 27.8 Å². The summed E-state index contributed by atoms with van der Waals surface area (Å²) in [5.74, 6) is -1.30. The van der Waals surface area contributed by atoms with Crippen LogP contribution in [-0.2, 0) is 9.59 Å². The van der Waals surface area contributed by atoms with Gasteiger partial charge in [-0.05, 0) is 30.7 Å². The minimum Gasteiger partial charge on any atom is -0.478 e. The van der Waals surface area contributed by atoms with Crippen LogP contribution in [0.3, 0.4) is 0 Å². The zero-order valence-electron chi connectivity index (χ0n) is 9.07. The van der Waals surface area contributed by atoms with Crippen molar-refractivity contribution in [1.29, 1.82) is 0 Å². The van der Waals surface area contributed by atoms with Crippen molar-refractivity contribution in [1.82, 2.24) is 0 Å². The lowest BCUT2D eigenvalue weighted by Crippen LogP contribution is -2.12. The highest BCUT2D eigenvalue weighted by Crippen LogP contribution is 2.14. The minimum absolute atomic E-state index is 0.0379. The molecule has 0 aliphatic heterocycles. The summed E-state index contributed by atoms with van der Waals surface area (Å²) < 4.78 is 0.926. The standard InChI is InChI=1S/C12H12BrNO3/c1-8(12(16)17)2-7-11(15)14-10-5-3-9(13)4-6-10/h3-6H,1-2,7H2,(H,14,15)(H,16,17). The number of halogens is 1. The molecule has 0 radical (unpaired) electrons. The molecule has 0 aliphatic rings. The number of aliphatic carboxylic acids is 1. The molecule has 0 unspecified atom stereocenters. The molecule has 1 rings (SSSR count). The molecule has 0 aliphatic carbocycles. The Morgan fingerprint density at radius 2 is 1.82 bits per heavy atom. The average molecular weight is 298 g/mol. The van der Waals surface area contributed by atoms with E-state index < -0.39 is 5.97 Å². The highest BCUT2D eigenvalue weighted by molar-refractivity contribution is 9.10. The van der Waals surface area contributed by atoms with Crippen molar-refractivity contribution in [3.8, 4) is 0 Å². The third-order valence-corrected chi connectivity index (χ3v) is 2.61. The maximum Gasteiger partial charge on any atom is 0.330 e. The van der Waals surface area contributed by atoms with Gasteiger partial charge in [-0.3, -0.25) is 4.79 Å². The van der Waals surface area contributed by atoms with Crippen molar-refractivity contribution in [3.05, 3.63) is 40.9 Å². The van der Waals surface area contributed by atoms with Crippen LogP contribution in [0.5, 0.6) is 0 Å². The third-order valence-electron chi connectivity index (χ3n) is 2.08. The van der Waals surface area contributed by atoms with Crippen LogP contribution in [0.1, 0.15) is 12.8 Å². The van der Waals surface area contributed by atoms with Crippen molar-refractivity contribution >= 4 is 33.5 Å². The molecule has 0 atom stereocenters. The summed E-state index contributed by atoms with van der Waals surface area (Å²) in [7, 11) is 0. The van der Waals surface area contributed by atoms with Gasteiger partial charge >= 0.3 is 5.97 Å². The second-order valence-corrected chi connectivity index (χ2v) is 4.38. The van der Waals surface area contributed by atoms with Crippen LogP contribution in [0.4, 0.5) is 5.69 Å². The molecule has 1 aromatic carbocycles. The van der Waals surface area contributed by atoms with E-state index >= 15 is 0 Å². The highest BCUT2D eigenvalue weighted by atomic mass is 79.9. The number of amides is 1. The highest BCUT2D eigenvalue weighted by Gasteiger charge is 2.07. The minimum atomic E-state index is -1.07. The number of carbonyl (C=O) groups is 2. The first-order chi connectivity index (χ1) is 7.99. The van der Waals surface area contributed by atoms with Gasteiger partial charge in [0.15, 0.2) is 0 Å². The summed E-state index contributed by atoms with van der Waals surface area (Å²) in [6.07, 6.45) is 0.263. The Morgan fingerprint density at radius 1 is 1.24 bits per heavy atom. The topological polar surface area (TPSA) is 66.4 Å². The van der Waals surface area contributed by atoms with E-state index in [-0.39, 0.29) is 24.3 Å². The smallest absolute Gasteiger partial charge is 0.330 e. The predicted molar refractivity (Wildman–Crippen MR) is 68.8 cm³/mol. The summed E-state index contributed by atoms with van der Waals surface area (Å²) in [6.45, 7) is 3.36. The molecule has 17 heavy (non-hydrogen) atoms. The van der Waals surface area contributed by atoms with E-state index in [4.69, 9.17) is 5.11 Å². The predicted octanol–water partition coefficient (Wildman–Crippen LogP) is 2.81. The maximum atomic E-state index is 11.5. The number of benzene rings is 1. The second kappa shape index (κ2) is 6.20. The van der Waals surface area contributed by atoms with Crippen LogP contribution in [0.25, 0.3) is 0 Å². The number of hydrogen-bond acceptors (Lipinski definition) is 2. The zero-order chi connectivity index (χ0) is 12.8. The summed E-state index contributed by atoms with van der Waals surface area (Å²) in [5, 5.41) is 11.2. The van der Waals surface area contributed by atoms with Gasteiger partial charge in [0.1, 0.15) is 0 Å². The molecule has 0 spiro atoms. The largest absolute Gasteiger partial charge is 0.478 e. The van der Waals surface area contributed by atoms with Crippen LogP contribution in [-0.4, -0.2) is 17.0 Å². The van der Waals surface area contributed by atoms with Crippen LogP contribution >= 0.6 is 15.9 Å². The van der Waals surface area contributed by atoms with Gasteiger partial charge in [-0.25, -0.2) is 4.79 Å². The number of hydrogen-bond donors (Lipinski definition) is 2. The van der Waals surface area contributed by atoms with E-state index in [1.807, 2.05) is 12.1 Å². The van der Waals surface area contributed by atoms with E-state index in [0.29, 0.717) is 5.69 Å². The molecule has 4 nitrogen and oxygen atoms in total. The molecule has 0 saturated heterocycles. The fourth-order valence-corrected chi connectivity index (χ4v) is 1.39. The number of rotatable bonds is 5. The van der Waals surface area contributed by atoms with E-state index in [9.17, 15) is 9.59 Å². The van der Waals surface area contributed by atoms with Gasteiger partial charge in [-0.1, -0.05) is 22.5 Å². The lowest BCUT2D eigenvalue weighted by molar-refractivity contribution is -0.132. The Kier molecular flexibility index (Phi) is 4.90. The van der Waals surface area contributed by atoms with Gasteiger partial charge in [0.25, 0.3) is 0 Å². The van der Waals surface area contributed by atoms with E-state index in [0.717, 1.165) is 4.47 Å². The number of nitrogens with one attached hydrogen (secondary N) is 1. The molecule has 0 fully saturated rings. The van der Waals surface area contributed by atoms with Gasteiger partial charge in [0, 0.05) is 22.2 Å². The first-order valence-corrected chi connectivity index (χ1v) is 5.75. The van der Waals surface area contributed by atoms with Gasteiger partial charge in [-0.15, -0.1) is 0 Å². The lowest BCUT2D eigenvalue weighted by atomic mass is 10.1. The summed E-state index contributed by atoms with van der Waals surface area (Å²) in [6, 6.07) is 7.14. The lowest BCUT2D eigenvalue weighted by Gasteiger charge is -2.05. The van der Waals surface area contributed by atoms with Gasteiger partial charge in [0.05, 0.1) is 0 Å². The molecular formula is C12H12BrNO3. The molecule has 0 aromatic heterocycles. The van der Waals surface area contributed by atoms with Crippen molar-refractivity contribution < 1.29 is 14.7 Å². The molecular weight excluding hydrogens is 286 g/mol. The number of carboxylic acid groups (broad SMARTS) is 1. The molecule has 0 heterocycles. The third kappa shape index (κ3) is 4.82. The van der Waals surface area contributed by atoms with Crippen molar-refractivity contribution in [2.75, 3.05) is 5.32 Å². The summed E-state index contributed by atoms with van der Waals surface area (Å²) in [4.78, 5) is 21.9. The normalized spacial score (nSPS) is 9.71. The molecule has 5 heteroatoms. The molecule has 0 saturated carbocycles. The van der Waals surface area contributed by atoms with Gasteiger partial charge < -0.3 is 10.4 Å². The monoisotopic (exact) mass is 297 g/mol. The first-order valence-electron chi connectivity index (χ1n) is 4.95. The number of carboxylic acids is 1. The van der Waals surface area contributed by atoms with Crippen molar-refractivity contribution in [2.45, 2.75) is 12.8 Å². The molecule has 1 aromatic rings.